The summed E-state index contributed by atoms with van der Waals surface area (Å²) in [4.78, 5) is 53.2. The van der Waals surface area contributed by atoms with Crippen molar-refractivity contribution in [2.75, 3.05) is 0 Å². The molecule has 14 nitrogen and oxygen atoms in total. The molecule has 72 heavy (non-hydrogen) atoms. The molecule has 0 unspecified atom stereocenters. The maximum atomic E-state index is 13.5. The molecule has 0 atom stereocenters. The first kappa shape index (κ1) is 53.4. The molecule has 0 saturated heterocycles. The third-order valence-electron chi connectivity index (χ3n) is 9.77. The SMILES string of the molecule is CC(C)Oc1cc(OC(C)C)c(C(=O)Oc2ccc(C(=O)Oc3ccc(-c4ccc(OC(=O)c5ccc(OC(=O)c6cc(OC(C)C)c(OC(C)C)cc6OC(C)C)cc5)cc4)cc3)cc2)cc1OC(C)C. The minimum Gasteiger partial charge on any atom is -0.490 e. The van der Waals surface area contributed by atoms with Crippen LogP contribution >= 0.6 is 0 Å². The Balaban J connectivity index is 1.03. The Morgan fingerprint density at radius 3 is 0.764 bits per heavy atom. The summed E-state index contributed by atoms with van der Waals surface area (Å²) in [6.45, 7) is 22.5. The fraction of sp³-hybridized carbons (Fsp3) is 0.310. The van der Waals surface area contributed by atoms with Crippen LogP contribution in [0, 0.1) is 0 Å². The van der Waals surface area contributed by atoms with Gasteiger partial charge in [0.15, 0.2) is 23.0 Å². The van der Waals surface area contributed by atoms with Crippen LogP contribution < -0.4 is 47.4 Å². The molecule has 0 spiro atoms. The van der Waals surface area contributed by atoms with Crippen molar-refractivity contribution < 1.29 is 66.5 Å². The van der Waals surface area contributed by atoms with Crippen LogP contribution in [0.15, 0.2) is 121 Å². The molecule has 14 heteroatoms. The average molecular weight is 983 g/mol. The molecule has 0 fully saturated rings. The second-order valence-electron chi connectivity index (χ2n) is 18.2. The van der Waals surface area contributed by atoms with Crippen LogP contribution in [0.3, 0.4) is 0 Å². The third-order valence-corrected chi connectivity index (χ3v) is 9.77. The summed E-state index contributed by atoms with van der Waals surface area (Å²) in [5.74, 6) is 0.671. The van der Waals surface area contributed by atoms with Crippen molar-refractivity contribution in [1.82, 2.24) is 0 Å². The molecule has 0 radical (unpaired) electrons. The Labute approximate surface area is 421 Å². The highest BCUT2D eigenvalue weighted by molar-refractivity contribution is 5.97. The van der Waals surface area contributed by atoms with Gasteiger partial charge in [-0.1, -0.05) is 24.3 Å². The first-order valence-electron chi connectivity index (χ1n) is 23.9. The maximum absolute atomic E-state index is 13.5. The van der Waals surface area contributed by atoms with Crippen LogP contribution in [0.5, 0.6) is 57.5 Å². The van der Waals surface area contributed by atoms with Gasteiger partial charge in [-0.05, 0) is 167 Å². The number of rotatable bonds is 21. The second kappa shape index (κ2) is 24.2. The van der Waals surface area contributed by atoms with Crippen molar-refractivity contribution in [1.29, 1.82) is 0 Å². The Morgan fingerprint density at radius 1 is 0.278 bits per heavy atom. The molecular weight excluding hydrogens is 921 g/mol. The quantitative estimate of drug-likeness (QED) is 0.0495. The summed E-state index contributed by atoms with van der Waals surface area (Å²) < 4.78 is 58.4. The third kappa shape index (κ3) is 15.0. The Bertz CT molecular complexity index is 2610. The molecule has 0 aliphatic heterocycles. The molecule has 6 rings (SSSR count). The van der Waals surface area contributed by atoms with Crippen molar-refractivity contribution in [3.8, 4) is 68.6 Å². The summed E-state index contributed by atoms with van der Waals surface area (Å²) in [5.41, 5.74) is 2.42. The van der Waals surface area contributed by atoms with Gasteiger partial charge in [-0.3, -0.25) is 0 Å². The lowest BCUT2D eigenvalue weighted by atomic mass is 10.1. The monoisotopic (exact) mass is 982 g/mol. The van der Waals surface area contributed by atoms with E-state index in [1.807, 2.05) is 83.1 Å². The van der Waals surface area contributed by atoms with Gasteiger partial charge in [0.25, 0.3) is 0 Å². The number of benzene rings is 6. The Morgan fingerprint density at radius 2 is 0.500 bits per heavy atom. The van der Waals surface area contributed by atoms with E-state index in [-0.39, 0.29) is 81.9 Å². The lowest BCUT2D eigenvalue weighted by Gasteiger charge is -2.21. The zero-order valence-corrected chi connectivity index (χ0v) is 42.7. The minimum atomic E-state index is -0.679. The minimum absolute atomic E-state index is 0.146. The lowest BCUT2D eigenvalue weighted by Crippen LogP contribution is -2.17. The van der Waals surface area contributed by atoms with Gasteiger partial charge in [-0.15, -0.1) is 0 Å². The number of esters is 4. The van der Waals surface area contributed by atoms with Gasteiger partial charge in [-0.2, -0.15) is 0 Å². The molecule has 6 aromatic carbocycles. The standard InChI is InChI=1S/C58H62O14/c1-33(2)63-49-31-53(67-37(9)10)51(65-35(5)6)29-47(49)57(61)71-45-25-17-41(18-26-45)55(59)69-43-21-13-39(14-22-43)40-15-23-44(24-16-40)70-56(60)42-19-27-46(28-20-42)72-58(62)48-30-52(66-36(7)8)54(68-38(11)12)32-50(48)64-34(3)4/h13-38H,1-12H3. The maximum Gasteiger partial charge on any atom is 0.347 e. The molecule has 0 saturated carbocycles. The van der Waals surface area contributed by atoms with Crippen LogP contribution in [-0.2, 0) is 0 Å². The molecule has 0 N–H and O–H groups in total. The molecular formula is C58H62O14. The summed E-state index contributed by atoms with van der Waals surface area (Å²) in [6.07, 6.45) is -1.14. The Hall–Kier alpha value is -8.00. The number of hydrogen-bond donors (Lipinski definition) is 0. The number of hydrogen-bond acceptors (Lipinski definition) is 14. The van der Waals surface area contributed by atoms with Crippen LogP contribution in [-0.4, -0.2) is 60.5 Å². The van der Waals surface area contributed by atoms with E-state index in [4.69, 9.17) is 47.4 Å². The van der Waals surface area contributed by atoms with E-state index in [0.29, 0.717) is 34.5 Å². The van der Waals surface area contributed by atoms with Crippen LogP contribution in [0.2, 0.25) is 0 Å². The fourth-order valence-electron chi connectivity index (χ4n) is 6.89. The average Bonchev–Trinajstić information content (AvgIpc) is 3.30. The van der Waals surface area contributed by atoms with Crippen molar-refractivity contribution in [3.05, 3.63) is 144 Å². The Kier molecular flexibility index (Phi) is 17.9. The highest BCUT2D eigenvalue weighted by atomic mass is 16.6. The first-order chi connectivity index (χ1) is 34.2. The smallest absolute Gasteiger partial charge is 0.347 e. The van der Waals surface area contributed by atoms with Crippen molar-refractivity contribution >= 4 is 23.9 Å². The highest BCUT2D eigenvalue weighted by Gasteiger charge is 2.25. The highest BCUT2D eigenvalue weighted by Crippen LogP contribution is 2.39. The molecule has 0 aliphatic rings. The van der Waals surface area contributed by atoms with Crippen LogP contribution in [0.4, 0.5) is 0 Å². The van der Waals surface area contributed by atoms with Gasteiger partial charge in [-0.25, -0.2) is 19.2 Å². The first-order valence-corrected chi connectivity index (χ1v) is 23.9. The summed E-state index contributed by atoms with van der Waals surface area (Å²) in [6, 6.07) is 32.2. The van der Waals surface area contributed by atoms with Gasteiger partial charge >= 0.3 is 23.9 Å². The van der Waals surface area contributed by atoms with Gasteiger partial charge in [0.2, 0.25) is 0 Å². The normalized spacial score (nSPS) is 11.2. The van der Waals surface area contributed by atoms with E-state index in [1.54, 1.807) is 72.8 Å². The number of carbonyl (C=O) groups is 4. The zero-order valence-electron chi connectivity index (χ0n) is 42.7. The second-order valence-corrected chi connectivity index (χ2v) is 18.2. The van der Waals surface area contributed by atoms with E-state index in [0.717, 1.165) is 11.1 Å². The van der Waals surface area contributed by atoms with E-state index in [1.165, 1.54) is 48.5 Å². The lowest BCUT2D eigenvalue weighted by molar-refractivity contribution is 0.0714. The summed E-state index contributed by atoms with van der Waals surface area (Å²) in [5, 5.41) is 0. The van der Waals surface area contributed by atoms with E-state index in [2.05, 4.69) is 0 Å². The van der Waals surface area contributed by atoms with Crippen molar-refractivity contribution in [3.63, 3.8) is 0 Å². The zero-order chi connectivity index (χ0) is 52.2. The van der Waals surface area contributed by atoms with Gasteiger partial charge in [0.05, 0.1) is 47.8 Å². The molecule has 0 amide bonds. The predicted octanol–water partition coefficient (Wildman–Crippen LogP) is 13.0. The van der Waals surface area contributed by atoms with Gasteiger partial charge in [0, 0.05) is 24.3 Å². The fourth-order valence-corrected chi connectivity index (χ4v) is 6.89. The summed E-state index contributed by atoms with van der Waals surface area (Å²) >= 11 is 0. The van der Waals surface area contributed by atoms with E-state index >= 15 is 0 Å². The molecule has 6 aromatic rings. The van der Waals surface area contributed by atoms with Crippen LogP contribution in [0.25, 0.3) is 11.1 Å². The number of carbonyl (C=O) groups excluding carboxylic acids is 4. The van der Waals surface area contributed by atoms with Crippen molar-refractivity contribution in [2.45, 2.75) is 120 Å². The predicted molar refractivity (Wildman–Crippen MR) is 272 cm³/mol. The van der Waals surface area contributed by atoms with Crippen LogP contribution in [0.1, 0.15) is 125 Å². The van der Waals surface area contributed by atoms with E-state index < -0.39 is 23.9 Å². The largest absolute Gasteiger partial charge is 0.490 e. The molecule has 0 aromatic heterocycles. The van der Waals surface area contributed by atoms with Gasteiger partial charge < -0.3 is 47.4 Å². The topological polar surface area (TPSA) is 161 Å². The van der Waals surface area contributed by atoms with Crippen molar-refractivity contribution in [2.24, 2.45) is 0 Å². The molecule has 0 bridgehead atoms. The van der Waals surface area contributed by atoms with E-state index in [9.17, 15) is 19.2 Å². The summed E-state index contributed by atoms with van der Waals surface area (Å²) in [7, 11) is 0. The molecule has 378 valence electrons. The molecule has 0 heterocycles. The number of ether oxygens (including phenoxy) is 10. The molecule has 0 aliphatic carbocycles. The van der Waals surface area contributed by atoms with Gasteiger partial charge in [0.1, 0.15) is 45.6 Å².